The lowest BCUT2D eigenvalue weighted by Crippen LogP contribution is -2.30. The quantitative estimate of drug-likeness (QED) is 0.719. The lowest BCUT2D eigenvalue weighted by molar-refractivity contribution is -0.119. The molecule has 110 valence electrons. The van der Waals surface area contributed by atoms with Gasteiger partial charge in [-0.2, -0.15) is 0 Å². The zero-order valence-corrected chi connectivity index (χ0v) is 11.6. The van der Waals surface area contributed by atoms with Gasteiger partial charge < -0.3 is 20.4 Å². The number of aromatic nitrogens is 2. The number of anilines is 1. The Bertz CT molecular complexity index is 655. The maximum absolute atomic E-state index is 11.7. The van der Waals surface area contributed by atoms with Gasteiger partial charge in [0.15, 0.2) is 5.82 Å². The predicted molar refractivity (Wildman–Crippen MR) is 78.2 cm³/mol. The smallest absolute Gasteiger partial charge is 0.295 e. The molecule has 0 atom stereocenters. The van der Waals surface area contributed by atoms with Gasteiger partial charge in [-0.3, -0.25) is 9.59 Å². The van der Waals surface area contributed by atoms with E-state index in [1.54, 1.807) is 0 Å². The second-order valence-corrected chi connectivity index (χ2v) is 4.23. The summed E-state index contributed by atoms with van der Waals surface area (Å²) in [6.45, 7) is 0.445. The van der Waals surface area contributed by atoms with Crippen LogP contribution in [0.25, 0.3) is 0 Å². The average molecular weight is 288 g/mol. The van der Waals surface area contributed by atoms with Crippen molar-refractivity contribution in [3.8, 4) is 5.75 Å². The first-order valence-electron chi connectivity index (χ1n) is 6.37. The van der Waals surface area contributed by atoms with Crippen LogP contribution in [0, 0.1) is 0 Å². The van der Waals surface area contributed by atoms with Gasteiger partial charge >= 0.3 is 0 Å². The highest BCUT2D eigenvalue weighted by molar-refractivity contribution is 5.80. The average Bonchev–Trinajstić information content (AvgIpc) is 2.52. The van der Waals surface area contributed by atoms with Gasteiger partial charge in [0.1, 0.15) is 0 Å². The summed E-state index contributed by atoms with van der Waals surface area (Å²) in [5, 5.41) is 5.54. The van der Waals surface area contributed by atoms with Gasteiger partial charge in [-0.1, -0.05) is 30.3 Å². The van der Waals surface area contributed by atoms with E-state index < -0.39 is 5.56 Å². The maximum Gasteiger partial charge on any atom is 0.295 e. The number of benzene rings is 1. The Morgan fingerprint density at radius 1 is 1.33 bits per heavy atom. The van der Waals surface area contributed by atoms with Gasteiger partial charge in [0.05, 0.1) is 20.0 Å². The van der Waals surface area contributed by atoms with Crippen molar-refractivity contribution in [1.29, 1.82) is 0 Å². The van der Waals surface area contributed by atoms with E-state index in [2.05, 4.69) is 20.6 Å². The summed E-state index contributed by atoms with van der Waals surface area (Å²) >= 11 is 0. The number of nitrogens with zero attached hydrogens (tertiary/aromatic N) is 1. The van der Waals surface area contributed by atoms with Gasteiger partial charge in [0, 0.05) is 6.54 Å². The fourth-order valence-corrected chi connectivity index (χ4v) is 1.73. The largest absolute Gasteiger partial charge is 0.489 e. The number of carbonyl (C=O) groups is 1. The Hall–Kier alpha value is -2.83. The molecular weight excluding hydrogens is 272 g/mol. The Morgan fingerprint density at radius 2 is 2.10 bits per heavy atom. The molecule has 21 heavy (non-hydrogen) atoms. The molecule has 7 nitrogen and oxygen atoms in total. The molecule has 0 aliphatic rings. The molecule has 0 spiro atoms. The highest BCUT2D eigenvalue weighted by Crippen LogP contribution is 2.13. The van der Waals surface area contributed by atoms with Gasteiger partial charge in [-0.25, -0.2) is 4.98 Å². The molecule has 3 N–H and O–H groups in total. The predicted octanol–water partition coefficient (Wildman–Crippen LogP) is 0.507. The number of aromatic amines is 1. The van der Waals surface area contributed by atoms with E-state index in [1.165, 1.54) is 13.4 Å². The van der Waals surface area contributed by atoms with Crippen LogP contribution in [0.2, 0.25) is 0 Å². The summed E-state index contributed by atoms with van der Waals surface area (Å²) in [6, 6.07) is 9.58. The number of nitrogens with one attached hydrogen (secondary N) is 3. The Balaban J connectivity index is 1.87. The second kappa shape index (κ2) is 7.09. The molecule has 1 aromatic carbocycles. The van der Waals surface area contributed by atoms with Gasteiger partial charge in [0.2, 0.25) is 11.7 Å². The number of H-pyrrole nitrogens is 1. The van der Waals surface area contributed by atoms with Crippen LogP contribution in [0.3, 0.4) is 0 Å². The highest BCUT2D eigenvalue weighted by atomic mass is 16.5. The van der Waals surface area contributed by atoms with Gasteiger partial charge in [-0.05, 0) is 5.56 Å². The minimum Gasteiger partial charge on any atom is -0.489 e. The van der Waals surface area contributed by atoms with E-state index in [4.69, 9.17) is 4.74 Å². The molecule has 0 bridgehead atoms. The van der Waals surface area contributed by atoms with Crippen LogP contribution >= 0.6 is 0 Å². The van der Waals surface area contributed by atoms with E-state index in [1.807, 2.05) is 30.3 Å². The Labute approximate surface area is 121 Å². The molecule has 1 amide bonds. The summed E-state index contributed by atoms with van der Waals surface area (Å²) in [4.78, 5) is 29.5. The maximum atomic E-state index is 11.7. The first kappa shape index (κ1) is 14.6. The molecule has 0 saturated carbocycles. The summed E-state index contributed by atoms with van der Waals surface area (Å²) in [7, 11) is 1.37. The van der Waals surface area contributed by atoms with Crippen LogP contribution in [-0.2, 0) is 11.3 Å². The first-order chi connectivity index (χ1) is 10.2. The number of hydrogen-bond acceptors (Lipinski definition) is 5. The molecule has 0 radical (unpaired) electrons. The Morgan fingerprint density at radius 3 is 2.81 bits per heavy atom. The summed E-state index contributed by atoms with van der Waals surface area (Å²) in [6.07, 6.45) is 1.25. The van der Waals surface area contributed by atoms with E-state index in [0.29, 0.717) is 6.54 Å². The lowest BCUT2D eigenvalue weighted by Gasteiger charge is -2.09. The number of methoxy groups -OCH3 is 1. The fourth-order valence-electron chi connectivity index (χ4n) is 1.73. The fraction of sp³-hybridized carbons (Fsp3) is 0.214. The zero-order chi connectivity index (χ0) is 15.1. The van der Waals surface area contributed by atoms with E-state index in [-0.39, 0.29) is 24.0 Å². The van der Waals surface area contributed by atoms with Crippen LogP contribution in [0.1, 0.15) is 5.56 Å². The van der Waals surface area contributed by atoms with Crippen molar-refractivity contribution < 1.29 is 9.53 Å². The molecule has 0 saturated heterocycles. The molecule has 1 heterocycles. The summed E-state index contributed by atoms with van der Waals surface area (Å²) in [5.74, 6) is 0.0764. The number of carbonyl (C=O) groups excluding carboxylic acids is 1. The van der Waals surface area contributed by atoms with Crippen molar-refractivity contribution in [2.75, 3.05) is 19.0 Å². The van der Waals surface area contributed by atoms with E-state index in [9.17, 15) is 9.59 Å². The molecule has 0 fully saturated rings. The minimum atomic E-state index is -0.403. The monoisotopic (exact) mass is 288 g/mol. The van der Waals surface area contributed by atoms with Crippen molar-refractivity contribution in [1.82, 2.24) is 15.3 Å². The Kier molecular flexibility index (Phi) is 4.92. The molecule has 2 aromatic rings. The van der Waals surface area contributed by atoms with Crippen LogP contribution in [0.5, 0.6) is 5.75 Å². The van der Waals surface area contributed by atoms with Crippen LogP contribution in [0.15, 0.2) is 41.5 Å². The summed E-state index contributed by atoms with van der Waals surface area (Å²) in [5.41, 5.74) is 0.609. The van der Waals surface area contributed by atoms with Crippen molar-refractivity contribution in [2.45, 2.75) is 6.54 Å². The molecule has 0 aliphatic carbocycles. The topological polar surface area (TPSA) is 96.1 Å². The lowest BCUT2D eigenvalue weighted by atomic mass is 10.2. The number of ether oxygens (including phenoxy) is 1. The highest BCUT2D eigenvalue weighted by Gasteiger charge is 2.09. The number of rotatable bonds is 6. The third-order valence-corrected chi connectivity index (χ3v) is 2.76. The molecule has 1 aromatic heterocycles. The minimum absolute atomic E-state index is 0.000350. The standard InChI is InChI=1S/C14H16N4O3/c1-21-12-13(17-9-18-14(12)20)16-8-11(19)15-7-10-5-3-2-4-6-10/h2-6,9H,7-8H2,1H3,(H,15,19)(H2,16,17,18,20). The normalized spacial score (nSPS) is 9.95. The molecule has 2 rings (SSSR count). The van der Waals surface area contributed by atoms with Gasteiger partial charge in [0.25, 0.3) is 5.56 Å². The van der Waals surface area contributed by atoms with E-state index >= 15 is 0 Å². The number of hydrogen-bond donors (Lipinski definition) is 3. The van der Waals surface area contributed by atoms with E-state index in [0.717, 1.165) is 5.56 Å². The zero-order valence-electron chi connectivity index (χ0n) is 11.6. The third kappa shape index (κ3) is 4.07. The van der Waals surface area contributed by atoms with Crippen molar-refractivity contribution in [3.63, 3.8) is 0 Å². The first-order valence-corrected chi connectivity index (χ1v) is 6.37. The molecule has 0 unspecified atom stereocenters. The SMILES string of the molecule is COc1c(NCC(=O)NCc2ccccc2)nc[nH]c1=O. The third-order valence-electron chi connectivity index (χ3n) is 2.76. The summed E-state index contributed by atoms with van der Waals surface area (Å²) < 4.78 is 4.94. The second-order valence-electron chi connectivity index (χ2n) is 4.23. The molecule has 7 heteroatoms. The molecular formula is C14H16N4O3. The van der Waals surface area contributed by atoms with Crippen molar-refractivity contribution >= 4 is 11.7 Å². The molecule has 0 aliphatic heterocycles. The van der Waals surface area contributed by atoms with Crippen molar-refractivity contribution in [2.24, 2.45) is 0 Å². The number of amides is 1. The van der Waals surface area contributed by atoms with Crippen LogP contribution in [0.4, 0.5) is 5.82 Å². The van der Waals surface area contributed by atoms with Crippen molar-refractivity contribution in [3.05, 3.63) is 52.6 Å². The van der Waals surface area contributed by atoms with Crippen LogP contribution < -0.4 is 20.9 Å². The van der Waals surface area contributed by atoms with Crippen LogP contribution in [-0.4, -0.2) is 29.5 Å². The van der Waals surface area contributed by atoms with Gasteiger partial charge in [-0.15, -0.1) is 0 Å².